The molecule has 0 spiro atoms. The van der Waals surface area contributed by atoms with Gasteiger partial charge in [-0.15, -0.1) is 0 Å². The van der Waals surface area contributed by atoms with Crippen LogP contribution in [-0.2, 0) is 6.54 Å². The average Bonchev–Trinajstić information content (AvgIpc) is 3.11. The fraction of sp³-hybridized carbons (Fsp3) is 0.118. The summed E-state index contributed by atoms with van der Waals surface area (Å²) in [5.41, 5.74) is 0.773. The summed E-state index contributed by atoms with van der Waals surface area (Å²) in [6.45, 7) is 0.513. The van der Waals surface area contributed by atoms with Crippen molar-refractivity contribution >= 4 is 17.5 Å². The predicted octanol–water partition coefficient (Wildman–Crippen LogP) is 2.59. The van der Waals surface area contributed by atoms with Crippen molar-refractivity contribution in [2.75, 3.05) is 6.54 Å². The molecule has 24 heavy (non-hydrogen) atoms. The second-order valence-corrected chi connectivity index (χ2v) is 5.46. The van der Waals surface area contributed by atoms with Crippen molar-refractivity contribution in [1.82, 2.24) is 15.1 Å². The molecule has 122 valence electrons. The maximum Gasteiger partial charge on any atom is 0.266 e. The molecule has 3 rings (SSSR count). The summed E-state index contributed by atoms with van der Waals surface area (Å²) in [5.74, 6) is 0.319. The largest absolute Gasteiger partial charge is 0.463 e. The third-order valence-corrected chi connectivity index (χ3v) is 3.57. The number of nitrogens with zero attached hydrogens (tertiary/aromatic N) is 2. The van der Waals surface area contributed by atoms with Crippen LogP contribution in [0.5, 0.6) is 0 Å². The van der Waals surface area contributed by atoms with Gasteiger partial charge in [-0.2, -0.15) is 5.10 Å². The molecule has 0 atom stereocenters. The van der Waals surface area contributed by atoms with Crippen molar-refractivity contribution in [3.8, 4) is 11.5 Å². The third-order valence-electron chi connectivity index (χ3n) is 3.34. The maximum absolute atomic E-state index is 12.0. The van der Waals surface area contributed by atoms with Crippen LogP contribution in [0.1, 0.15) is 10.4 Å². The molecule has 0 saturated carbocycles. The molecular formula is C17H14ClN3O3. The molecule has 0 unspecified atom stereocenters. The van der Waals surface area contributed by atoms with Crippen molar-refractivity contribution < 1.29 is 9.21 Å². The van der Waals surface area contributed by atoms with Gasteiger partial charge >= 0.3 is 0 Å². The molecule has 0 saturated heterocycles. The van der Waals surface area contributed by atoms with Crippen LogP contribution in [0.2, 0.25) is 5.02 Å². The number of furan rings is 1. The molecule has 1 N–H and O–H groups in total. The first-order chi connectivity index (χ1) is 11.6. The average molecular weight is 344 g/mol. The molecule has 6 nitrogen and oxygen atoms in total. The monoisotopic (exact) mass is 343 g/mol. The Morgan fingerprint density at radius 1 is 1.21 bits per heavy atom. The number of halogens is 1. The Balaban J connectivity index is 1.65. The van der Waals surface area contributed by atoms with Crippen LogP contribution in [0.25, 0.3) is 11.5 Å². The Morgan fingerprint density at radius 3 is 2.83 bits per heavy atom. The van der Waals surface area contributed by atoms with E-state index in [2.05, 4.69) is 10.4 Å². The second-order valence-electron chi connectivity index (χ2n) is 5.02. The minimum absolute atomic E-state index is 0.248. The predicted molar refractivity (Wildman–Crippen MR) is 90.0 cm³/mol. The van der Waals surface area contributed by atoms with Gasteiger partial charge in [0.2, 0.25) is 0 Å². The van der Waals surface area contributed by atoms with E-state index in [0.29, 0.717) is 22.0 Å². The highest BCUT2D eigenvalue weighted by Gasteiger charge is 2.08. The van der Waals surface area contributed by atoms with Gasteiger partial charge in [-0.25, -0.2) is 4.68 Å². The Labute approximate surface area is 142 Å². The van der Waals surface area contributed by atoms with Crippen LogP contribution in [0, 0.1) is 0 Å². The summed E-state index contributed by atoms with van der Waals surface area (Å²) in [6, 6.07) is 13.2. The van der Waals surface area contributed by atoms with Crippen molar-refractivity contribution in [3.63, 3.8) is 0 Å². The fourth-order valence-corrected chi connectivity index (χ4v) is 2.36. The smallest absolute Gasteiger partial charge is 0.266 e. The van der Waals surface area contributed by atoms with Gasteiger partial charge in [-0.3, -0.25) is 9.59 Å². The summed E-state index contributed by atoms with van der Waals surface area (Å²) in [4.78, 5) is 23.9. The lowest BCUT2D eigenvalue weighted by Crippen LogP contribution is -2.31. The van der Waals surface area contributed by atoms with E-state index in [1.165, 1.54) is 17.0 Å². The van der Waals surface area contributed by atoms with Gasteiger partial charge in [0.25, 0.3) is 11.5 Å². The number of aromatic nitrogens is 2. The highest BCUT2D eigenvalue weighted by Crippen LogP contribution is 2.15. The molecule has 0 aliphatic heterocycles. The third kappa shape index (κ3) is 3.72. The van der Waals surface area contributed by atoms with E-state index in [0.717, 1.165) is 0 Å². The Morgan fingerprint density at radius 2 is 2.08 bits per heavy atom. The van der Waals surface area contributed by atoms with Gasteiger partial charge in [-0.1, -0.05) is 17.7 Å². The van der Waals surface area contributed by atoms with Crippen molar-refractivity contribution in [1.29, 1.82) is 0 Å². The Bertz CT molecular complexity index is 903. The van der Waals surface area contributed by atoms with Crippen LogP contribution in [0.15, 0.2) is 64.0 Å². The molecule has 0 fully saturated rings. The van der Waals surface area contributed by atoms with Crippen molar-refractivity contribution in [2.24, 2.45) is 0 Å². The summed E-state index contributed by atoms with van der Waals surface area (Å²) in [6.07, 6.45) is 1.54. The minimum Gasteiger partial charge on any atom is -0.463 e. The number of carbonyl (C=O) groups is 1. The van der Waals surface area contributed by atoms with E-state index in [4.69, 9.17) is 16.0 Å². The highest BCUT2D eigenvalue weighted by molar-refractivity contribution is 6.30. The number of amides is 1. The Hall–Kier alpha value is -2.86. The molecule has 7 heteroatoms. The normalized spacial score (nSPS) is 10.5. The summed E-state index contributed by atoms with van der Waals surface area (Å²) >= 11 is 5.86. The van der Waals surface area contributed by atoms with Gasteiger partial charge in [0.1, 0.15) is 5.69 Å². The zero-order valence-corrected chi connectivity index (χ0v) is 13.4. The number of benzene rings is 1. The van der Waals surface area contributed by atoms with E-state index >= 15 is 0 Å². The van der Waals surface area contributed by atoms with E-state index in [1.54, 1.807) is 42.5 Å². The van der Waals surface area contributed by atoms with Gasteiger partial charge in [0.15, 0.2) is 5.76 Å². The minimum atomic E-state index is -0.257. The zero-order valence-electron chi connectivity index (χ0n) is 12.6. The maximum atomic E-state index is 12.0. The lowest BCUT2D eigenvalue weighted by molar-refractivity contribution is 0.0951. The molecule has 3 aromatic rings. The van der Waals surface area contributed by atoms with Crippen LogP contribution in [0.4, 0.5) is 0 Å². The van der Waals surface area contributed by atoms with Crippen molar-refractivity contribution in [2.45, 2.75) is 6.54 Å². The zero-order chi connectivity index (χ0) is 16.9. The van der Waals surface area contributed by atoms with Crippen LogP contribution in [0.3, 0.4) is 0 Å². The number of carbonyl (C=O) groups excluding carboxylic acids is 1. The molecule has 1 amide bonds. The van der Waals surface area contributed by atoms with Gasteiger partial charge < -0.3 is 9.73 Å². The number of rotatable bonds is 5. The van der Waals surface area contributed by atoms with E-state index < -0.39 is 0 Å². The standard InChI is InChI=1S/C17H14ClN3O3/c18-13-4-1-3-12(11-13)17(23)19-8-9-21-16(22)7-6-14(20-21)15-5-2-10-24-15/h1-7,10-11H,8-9H2,(H,19,23). The topological polar surface area (TPSA) is 77.1 Å². The first-order valence-electron chi connectivity index (χ1n) is 7.29. The van der Waals surface area contributed by atoms with E-state index in [1.807, 2.05) is 0 Å². The number of hydrogen-bond acceptors (Lipinski definition) is 4. The quantitative estimate of drug-likeness (QED) is 0.772. The molecule has 2 aromatic heterocycles. The lowest BCUT2D eigenvalue weighted by atomic mass is 10.2. The van der Waals surface area contributed by atoms with Gasteiger partial charge in [-0.05, 0) is 36.4 Å². The lowest BCUT2D eigenvalue weighted by Gasteiger charge is -2.08. The molecule has 0 bridgehead atoms. The summed E-state index contributed by atoms with van der Waals surface area (Å²) in [5, 5.41) is 7.46. The first kappa shape index (κ1) is 16.0. The first-order valence-corrected chi connectivity index (χ1v) is 7.67. The highest BCUT2D eigenvalue weighted by atomic mass is 35.5. The molecule has 0 aliphatic rings. The molecule has 2 heterocycles. The van der Waals surface area contributed by atoms with Gasteiger partial charge in [0, 0.05) is 23.2 Å². The SMILES string of the molecule is O=C(NCCn1nc(-c2ccco2)ccc1=O)c1cccc(Cl)c1. The molecule has 1 aromatic carbocycles. The molecule has 0 radical (unpaired) electrons. The number of nitrogens with one attached hydrogen (secondary N) is 1. The second kappa shape index (κ2) is 7.14. The van der Waals surface area contributed by atoms with Crippen molar-refractivity contribution in [3.05, 3.63) is 75.7 Å². The fourth-order valence-electron chi connectivity index (χ4n) is 2.17. The van der Waals surface area contributed by atoms with Gasteiger partial charge in [0.05, 0.1) is 12.8 Å². The summed E-state index contributed by atoms with van der Waals surface area (Å²) in [7, 11) is 0. The van der Waals surface area contributed by atoms with E-state index in [-0.39, 0.29) is 24.6 Å². The molecular weight excluding hydrogens is 330 g/mol. The number of hydrogen-bond donors (Lipinski definition) is 1. The van der Waals surface area contributed by atoms with Crippen LogP contribution in [-0.4, -0.2) is 22.2 Å². The summed E-state index contributed by atoms with van der Waals surface area (Å²) < 4.78 is 6.55. The van der Waals surface area contributed by atoms with Crippen LogP contribution < -0.4 is 10.9 Å². The Kier molecular flexibility index (Phi) is 4.77. The molecule has 0 aliphatic carbocycles. The van der Waals surface area contributed by atoms with Crippen LogP contribution >= 0.6 is 11.6 Å². The van der Waals surface area contributed by atoms with E-state index in [9.17, 15) is 9.59 Å².